The minimum atomic E-state index is -0.145. The molecule has 0 spiro atoms. The molecule has 0 bridgehead atoms. The lowest BCUT2D eigenvalue weighted by Gasteiger charge is -2.19. The molecular weight excluding hydrogens is 250 g/mol. The molecule has 0 aliphatic heterocycles. The van der Waals surface area contributed by atoms with Crippen molar-refractivity contribution in [1.29, 1.82) is 5.26 Å². The molecule has 4 N–H and O–H groups in total. The van der Waals surface area contributed by atoms with Gasteiger partial charge in [0.15, 0.2) is 0 Å². The predicted molar refractivity (Wildman–Crippen MR) is 80.2 cm³/mol. The topological polar surface area (TPSA) is 82.1 Å². The van der Waals surface area contributed by atoms with Crippen LogP contribution in [-0.4, -0.2) is 17.8 Å². The molecule has 0 aromatic heterocycles. The molecule has 1 atom stereocenters. The summed E-state index contributed by atoms with van der Waals surface area (Å²) in [5.41, 5.74) is 8.81. The van der Waals surface area contributed by atoms with Gasteiger partial charge < -0.3 is 16.2 Å². The largest absolute Gasteiger partial charge is 0.397 e. The van der Waals surface area contributed by atoms with Gasteiger partial charge in [-0.3, -0.25) is 0 Å². The van der Waals surface area contributed by atoms with Gasteiger partial charge >= 0.3 is 0 Å². The van der Waals surface area contributed by atoms with Crippen LogP contribution in [0.1, 0.15) is 11.1 Å². The second-order valence-electron chi connectivity index (χ2n) is 4.63. The van der Waals surface area contributed by atoms with Crippen LogP contribution in [0.5, 0.6) is 0 Å². The maximum atomic E-state index is 9.50. The predicted octanol–water partition coefficient (Wildman–Crippen LogP) is 2.16. The number of rotatable bonds is 5. The summed E-state index contributed by atoms with van der Waals surface area (Å²) in [7, 11) is 0. The summed E-state index contributed by atoms with van der Waals surface area (Å²) in [5.74, 6) is 0. The van der Waals surface area contributed by atoms with Gasteiger partial charge in [0, 0.05) is 0 Å². The lowest BCUT2D eigenvalue weighted by molar-refractivity contribution is 0.274. The Labute approximate surface area is 118 Å². The van der Waals surface area contributed by atoms with Gasteiger partial charge in [-0.05, 0) is 30.2 Å². The first kappa shape index (κ1) is 13.9. The van der Waals surface area contributed by atoms with Gasteiger partial charge in [0.1, 0.15) is 0 Å². The monoisotopic (exact) mass is 267 g/mol. The number of nitrogens with one attached hydrogen (secondary N) is 1. The van der Waals surface area contributed by atoms with Crippen LogP contribution in [0.25, 0.3) is 0 Å². The number of anilines is 2. The Kier molecular flexibility index (Phi) is 4.59. The number of nitrogens with two attached hydrogens (primary N) is 1. The highest BCUT2D eigenvalue weighted by molar-refractivity contribution is 5.68. The smallest absolute Gasteiger partial charge is 0.0992 e. The van der Waals surface area contributed by atoms with Crippen molar-refractivity contribution in [2.24, 2.45) is 0 Å². The van der Waals surface area contributed by atoms with Gasteiger partial charge in [-0.25, -0.2) is 0 Å². The minimum absolute atomic E-state index is 0.00881. The molecular formula is C16H17N3O. The van der Waals surface area contributed by atoms with Crippen LogP contribution in [0.15, 0.2) is 48.5 Å². The zero-order chi connectivity index (χ0) is 14.4. The summed E-state index contributed by atoms with van der Waals surface area (Å²) < 4.78 is 0. The van der Waals surface area contributed by atoms with Crippen LogP contribution in [-0.2, 0) is 6.42 Å². The van der Waals surface area contributed by atoms with Crippen molar-refractivity contribution in [1.82, 2.24) is 0 Å². The summed E-state index contributed by atoms with van der Waals surface area (Å²) in [5, 5.41) is 21.6. The zero-order valence-electron chi connectivity index (χ0n) is 11.1. The molecule has 0 aliphatic carbocycles. The molecule has 0 saturated carbocycles. The fourth-order valence-corrected chi connectivity index (χ4v) is 2.03. The SMILES string of the molecule is N#Cc1ccc(N)c(NC(CO)Cc2ccccc2)c1. The van der Waals surface area contributed by atoms with Gasteiger partial charge in [0.2, 0.25) is 0 Å². The first-order chi connectivity index (χ1) is 9.72. The standard InChI is InChI=1S/C16H17N3O/c17-10-13-6-7-15(18)16(9-13)19-14(11-20)8-12-4-2-1-3-5-12/h1-7,9,14,19-20H,8,11,18H2. The highest BCUT2D eigenvalue weighted by atomic mass is 16.3. The summed E-state index contributed by atoms with van der Waals surface area (Å²) in [6.07, 6.45) is 0.688. The Hall–Kier alpha value is -2.51. The highest BCUT2D eigenvalue weighted by Gasteiger charge is 2.10. The van der Waals surface area contributed by atoms with E-state index in [1.165, 1.54) is 0 Å². The van der Waals surface area contributed by atoms with Crippen LogP contribution >= 0.6 is 0 Å². The summed E-state index contributed by atoms with van der Waals surface area (Å²) in [6, 6.07) is 16.9. The number of hydrogen-bond donors (Lipinski definition) is 3. The molecule has 0 aliphatic rings. The molecule has 1 unspecified atom stereocenters. The van der Waals surface area contributed by atoms with Gasteiger partial charge in [-0.1, -0.05) is 30.3 Å². The van der Waals surface area contributed by atoms with E-state index in [2.05, 4.69) is 11.4 Å². The van der Waals surface area contributed by atoms with Crippen molar-refractivity contribution in [3.63, 3.8) is 0 Å². The van der Waals surface area contributed by atoms with Crippen molar-refractivity contribution in [2.75, 3.05) is 17.7 Å². The maximum absolute atomic E-state index is 9.50. The molecule has 2 rings (SSSR count). The number of benzene rings is 2. The lowest BCUT2D eigenvalue weighted by atomic mass is 10.1. The molecule has 4 heteroatoms. The molecule has 20 heavy (non-hydrogen) atoms. The summed E-state index contributed by atoms with van der Waals surface area (Å²) in [4.78, 5) is 0. The van der Waals surface area contributed by atoms with Crippen molar-refractivity contribution in [2.45, 2.75) is 12.5 Å². The van der Waals surface area contributed by atoms with E-state index in [1.54, 1.807) is 18.2 Å². The number of nitrogen functional groups attached to an aromatic ring is 1. The van der Waals surface area contributed by atoms with Gasteiger partial charge in [0.25, 0.3) is 0 Å². The lowest BCUT2D eigenvalue weighted by Crippen LogP contribution is -2.26. The molecule has 2 aromatic carbocycles. The van der Waals surface area contributed by atoms with E-state index < -0.39 is 0 Å². The second kappa shape index (κ2) is 6.60. The molecule has 0 saturated heterocycles. The van der Waals surface area contributed by atoms with E-state index in [4.69, 9.17) is 11.0 Å². The fraction of sp³-hybridized carbons (Fsp3) is 0.188. The highest BCUT2D eigenvalue weighted by Crippen LogP contribution is 2.21. The molecule has 4 nitrogen and oxygen atoms in total. The third-order valence-corrected chi connectivity index (χ3v) is 3.09. The zero-order valence-corrected chi connectivity index (χ0v) is 11.1. The normalized spacial score (nSPS) is 11.6. The van der Waals surface area contributed by atoms with Gasteiger partial charge in [-0.2, -0.15) is 5.26 Å². The van der Waals surface area contributed by atoms with Crippen molar-refractivity contribution < 1.29 is 5.11 Å². The van der Waals surface area contributed by atoms with E-state index in [1.807, 2.05) is 30.3 Å². The summed E-state index contributed by atoms with van der Waals surface area (Å²) in [6.45, 7) is -0.00881. The van der Waals surface area contributed by atoms with Crippen molar-refractivity contribution in [3.8, 4) is 6.07 Å². The third kappa shape index (κ3) is 3.50. The van der Waals surface area contributed by atoms with E-state index in [-0.39, 0.29) is 12.6 Å². The fourth-order valence-electron chi connectivity index (χ4n) is 2.03. The van der Waals surface area contributed by atoms with Crippen LogP contribution in [0.2, 0.25) is 0 Å². The first-order valence-electron chi connectivity index (χ1n) is 6.44. The van der Waals surface area contributed by atoms with E-state index in [9.17, 15) is 5.11 Å². The van der Waals surface area contributed by atoms with Crippen LogP contribution < -0.4 is 11.1 Å². The minimum Gasteiger partial charge on any atom is -0.397 e. The number of aliphatic hydroxyl groups excluding tert-OH is 1. The Bertz CT molecular complexity index is 605. The summed E-state index contributed by atoms with van der Waals surface area (Å²) >= 11 is 0. The van der Waals surface area contributed by atoms with Gasteiger partial charge in [-0.15, -0.1) is 0 Å². The Balaban J connectivity index is 2.12. The quantitative estimate of drug-likeness (QED) is 0.725. The molecule has 2 aromatic rings. The Morgan fingerprint density at radius 3 is 2.60 bits per heavy atom. The van der Waals surface area contributed by atoms with Crippen LogP contribution in [0, 0.1) is 11.3 Å². The molecule has 0 heterocycles. The van der Waals surface area contributed by atoms with E-state index in [0.29, 0.717) is 23.4 Å². The number of nitriles is 1. The van der Waals surface area contributed by atoms with Crippen molar-refractivity contribution in [3.05, 3.63) is 59.7 Å². The van der Waals surface area contributed by atoms with Crippen LogP contribution in [0.3, 0.4) is 0 Å². The maximum Gasteiger partial charge on any atom is 0.0992 e. The average Bonchev–Trinajstić information content (AvgIpc) is 2.49. The number of hydrogen-bond acceptors (Lipinski definition) is 4. The van der Waals surface area contributed by atoms with E-state index >= 15 is 0 Å². The molecule has 0 radical (unpaired) electrons. The molecule has 0 fully saturated rings. The molecule has 0 amide bonds. The average molecular weight is 267 g/mol. The van der Waals surface area contributed by atoms with Crippen LogP contribution in [0.4, 0.5) is 11.4 Å². The number of nitrogens with zero attached hydrogens (tertiary/aromatic N) is 1. The Morgan fingerprint density at radius 1 is 1.20 bits per heavy atom. The molecule has 102 valence electrons. The number of aliphatic hydroxyl groups is 1. The second-order valence-corrected chi connectivity index (χ2v) is 4.63. The third-order valence-electron chi connectivity index (χ3n) is 3.09. The van der Waals surface area contributed by atoms with Gasteiger partial charge in [0.05, 0.1) is 35.7 Å². The van der Waals surface area contributed by atoms with E-state index in [0.717, 1.165) is 5.56 Å². The van der Waals surface area contributed by atoms with Crippen molar-refractivity contribution >= 4 is 11.4 Å². The Morgan fingerprint density at radius 2 is 1.95 bits per heavy atom. The first-order valence-corrected chi connectivity index (χ1v) is 6.44.